The van der Waals surface area contributed by atoms with E-state index in [1.54, 1.807) is 0 Å². The van der Waals surface area contributed by atoms with Gasteiger partial charge < -0.3 is 10.2 Å². The molecule has 0 bridgehead atoms. The van der Waals surface area contributed by atoms with Gasteiger partial charge in [-0.25, -0.2) is 0 Å². The predicted octanol–water partition coefficient (Wildman–Crippen LogP) is 2.46. The zero-order valence-electron chi connectivity index (χ0n) is 11.6. The van der Waals surface area contributed by atoms with E-state index < -0.39 is 0 Å². The monoisotopic (exact) mass is 247 g/mol. The number of nitrogens with zero attached hydrogens (tertiary/aromatic N) is 2. The largest absolute Gasteiger partial charge is 0.309 e. The van der Waals surface area contributed by atoms with Crippen LogP contribution < -0.4 is 5.32 Å². The molecule has 1 saturated heterocycles. The number of hydrogen-bond acceptors (Lipinski definition) is 3. The molecule has 0 spiro atoms. The molecule has 1 unspecified atom stereocenters. The Kier molecular flexibility index (Phi) is 5.14. The highest BCUT2D eigenvalue weighted by Crippen LogP contribution is 2.17. The van der Waals surface area contributed by atoms with Gasteiger partial charge in [0.15, 0.2) is 0 Å². The van der Waals surface area contributed by atoms with Crippen LogP contribution in [0.5, 0.6) is 0 Å². The van der Waals surface area contributed by atoms with Gasteiger partial charge in [-0.15, -0.1) is 0 Å². The van der Waals surface area contributed by atoms with Crippen LogP contribution in [0.25, 0.3) is 0 Å². The van der Waals surface area contributed by atoms with Gasteiger partial charge in [-0.3, -0.25) is 4.98 Å². The fourth-order valence-electron chi connectivity index (χ4n) is 2.59. The quantitative estimate of drug-likeness (QED) is 0.866. The van der Waals surface area contributed by atoms with Gasteiger partial charge in [0.25, 0.3) is 0 Å². The summed E-state index contributed by atoms with van der Waals surface area (Å²) in [7, 11) is 0. The van der Waals surface area contributed by atoms with Crippen LogP contribution in [-0.2, 0) is 0 Å². The first-order chi connectivity index (χ1) is 8.79. The number of nitrogens with one attached hydrogen (secondary N) is 1. The van der Waals surface area contributed by atoms with Crippen LogP contribution >= 0.6 is 0 Å². The fourth-order valence-corrected chi connectivity index (χ4v) is 2.59. The zero-order chi connectivity index (χ0) is 12.8. The third-order valence-electron chi connectivity index (χ3n) is 4.00. The molecular formula is C15H25N3. The Morgan fingerprint density at radius 1 is 1.39 bits per heavy atom. The Balaban J connectivity index is 1.72. The average Bonchev–Trinajstić information content (AvgIpc) is 2.46. The lowest BCUT2D eigenvalue weighted by molar-refractivity contribution is 0.188. The van der Waals surface area contributed by atoms with Crippen molar-refractivity contribution in [1.29, 1.82) is 0 Å². The molecule has 0 amide bonds. The van der Waals surface area contributed by atoms with Crippen LogP contribution in [0.1, 0.15) is 38.4 Å². The van der Waals surface area contributed by atoms with Crippen molar-refractivity contribution in [1.82, 2.24) is 15.2 Å². The van der Waals surface area contributed by atoms with Crippen molar-refractivity contribution in [3.8, 4) is 0 Å². The maximum absolute atomic E-state index is 4.40. The summed E-state index contributed by atoms with van der Waals surface area (Å²) in [5.74, 6) is 0.832. The number of likely N-dealkylation sites (tertiary alicyclic amines) is 1. The van der Waals surface area contributed by atoms with E-state index in [0.717, 1.165) is 18.2 Å². The summed E-state index contributed by atoms with van der Waals surface area (Å²) in [6.45, 7) is 9.30. The molecule has 2 heterocycles. The van der Waals surface area contributed by atoms with Gasteiger partial charge in [-0.2, -0.15) is 0 Å². The van der Waals surface area contributed by atoms with Crippen molar-refractivity contribution in [2.75, 3.05) is 26.2 Å². The smallest absolute Gasteiger partial charge is 0.0570 e. The first-order valence-electron chi connectivity index (χ1n) is 7.16. The van der Waals surface area contributed by atoms with E-state index in [1.807, 2.05) is 12.3 Å². The Hall–Kier alpha value is -0.930. The second kappa shape index (κ2) is 6.86. The van der Waals surface area contributed by atoms with E-state index in [4.69, 9.17) is 0 Å². The van der Waals surface area contributed by atoms with E-state index in [9.17, 15) is 0 Å². The summed E-state index contributed by atoms with van der Waals surface area (Å²) in [5.41, 5.74) is 1.14. The van der Waals surface area contributed by atoms with Crippen molar-refractivity contribution in [2.24, 2.45) is 5.92 Å². The molecule has 0 aromatic carbocycles. The molecule has 1 aliphatic rings. The fraction of sp³-hybridized carbons (Fsp3) is 0.667. The van der Waals surface area contributed by atoms with Gasteiger partial charge in [0.1, 0.15) is 0 Å². The number of rotatable bonds is 5. The molecule has 3 nitrogen and oxygen atoms in total. The van der Waals surface area contributed by atoms with E-state index in [-0.39, 0.29) is 0 Å². The highest BCUT2D eigenvalue weighted by molar-refractivity contribution is 5.07. The maximum atomic E-state index is 4.40. The molecule has 100 valence electrons. The van der Waals surface area contributed by atoms with Gasteiger partial charge in [-0.05, 0) is 64.0 Å². The van der Waals surface area contributed by atoms with Gasteiger partial charge in [0, 0.05) is 12.2 Å². The topological polar surface area (TPSA) is 28.2 Å². The van der Waals surface area contributed by atoms with E-state index in [2.05, 4.69) is 41.2 Å². The average molecular weight is 247 g/mol. The minimum absolute atomic E-state index is 0.357. The summed E-state index contributed by atoms with van der Waals surface area (Å²) in [4.78, 5) is 6.94. The lowest BCUT2D eigenvalue weighted by atomic mass is 9.96. The highest BCUT2D eigenvalue weighted by atomic mass is 15.1. The molecule has 1 aromatic heterocycles. The molecule has 1 fully saturated rings. The Labute approximate surface area is 111 Å². The second-order valence-corrected chi connectivity index (χ2v) is 5.26. The van der Waals surface area contributed by atoms with Crippen LogP contribution in [0.2, 0.25) is 0 Å². The summed E-state index contributed by atoms with van der Waals surface area (Å²) >= 11 is 0. The molecule has 1 aromatic rings. The van der Waals surface area contributed by atoms with Crippen molar-refractivity contribution in [2.45, 2.75) is 32.7 Å². The standard InChI is InChI=1S/C15H25N3/c1-3-18-10-7-14(8-11-18)12-17-13(2)15-6-4-5-9-16-15/h4-6,9,13-14,17H,3,7-8,10-12H2,1-2H3. The molecule has 3 heteroatoms. The molecule has 0 aliphatic carbocycles. The number of hydrogen-bond donors (Lipinski definition) is 1. The molecule has 1 N–H and O–H groups in total. The first kappa shape index (κ1) is 13.5. The summed E-state index contributed by atoms with van der Waals surface area (Å²) in [5, 5.41) is 3.62. The summed E-state index contributed by atoms with van der Waals surface area (Å²) in [6.07, 6.45) is 4.53. The zero-order valence-corrected chi connectivity index (χ0v) is 11.6. The van der Waals surface area contributed by atoms with Crippen LogP contribution in [0.4, 0.5) is 0 Å². The molecule has 2 rings (SSSR count). The van der Waals surface area contributed by atoms with Crippen molar-refractivity contribution in [3.63, 3.8) is 0 Å². The van der Waals surface area contributed by atoms with Crippen molar-refractivity contribution >= 4 is 0 Å². The van der Waals surface area contributed by atoms with Crippen molar-refractivity contribution in [3.05, 3.63) is 30.1 Å². The van der Waals surface area contributed by atoms with E-state index >= 15 is 0 Å². The summed E-state index contributed by atoms with van der Waals surface area (Å²) < 4.78 is 0. The SMILES string of the molecule is CCN1CCC(CNC(C)c2ccccn2)CC1. The van der Waals surface area contributed by atoms with Gasteiger partial charge in [-0.1, -0.05) is 13.0 Å². The lowest BCUT2D eigenvalue weighted by Crippen LogP contribution is -2.37. The molecule has 1 aliphatic heterocycles. The lowest BCUT2D eigenvalue weighted by Gasteiger charge is -2.31. The van der Waals surface area contributed by atoms with Crippen molar-refractivity contribution < 1.29 is 0 Å². The Morgan fingerprint density at radius 3 is 2.78 bits per heavy atom. The van der Waals surface area contributed by atoms with E-state index in [1.165, 1.54) is 32.5 Å². The van der Waals surface area contributed by atoms with Gasteiger partial charge >= 0.3 is 0 Å². The molecule has 0 saturated carbocycles. The van der Waals surface area contributed by atoms with Crippen LogP contribution in [-0.4, -0.2) is 36.1 Å². The maximum Gasteiger partial charge on any atom is 0.0570 e. The normalized spacial score (nSPS) is 19.9. The van der Waals surface area contributed by atoms with Crippen LogP contribution in [0, 0.1) is 5.92 Å². The number of pyridine rings is 1. The molecule has 1 atom stereocenters. The summed E-state index contributed by atoms with van der Waals surface area (Å²) in [6, 6.07) is 6.48. The second-order valence-electron chi connectivity index (χ2n) is 5.26. The molecule has 18 heavy (non-hydrogen) atoms. The van der Waals surface area contributed by atoms with Gasteiger partial charge in [0.2, 0.25) is 0 Å². The molecule has 0 radical (unpaired) electrons. The predicted molar refractivity (Wildman–Crippen MR) is 75.5 cm³/mol. The van der Waals surface area contributed by atoms with E-state index in [0.29, 0.717) is 6.04 Å². The van der Waals surface area contributed by atoms with Gasteiger partial charge in [0.05, 0.1) is 5.69 Å². The third-order valence-corrected chi connectivity index (χ3v) is 4.00. The highest BCUT2D eigenvalue weighted by Gasteiger charge is 2.18. The number of piperidine rings is 1. The Bertz CT molecular complexity index is 331. The van der Waals surface area contributed by atoms with Crippen LogP contribution in [0.3, 0.4) is 0 Å². The molecular weight excluding hydrogens is 222 g/mol. The number of aromatic nitrogens is 1. The minimum Gasteiger partial charge on any atom is -0.309 e. The Morgan fingerprint density at radius 2 is 2.17 bits per heavy atom. The van der Waals surface area contributed by atoms with Crippen LogP contribution in [0.15, 0.2) is 24.4 Å². The third kappa shape index (κ3) is 3.79. The minimum atomic E-state index is 0.357. The first-order valence-corrected chi connectivity index (χ1v) is 7.16.